The smallest absolute Gasteiger partial charge is 0.399 e. The molecule has 0 radical (unpaired) electrons. The molecule has 156 valence electrons. The van der Waals surface area contributed by atoms with Crippen LogP contribution in [0.1, 0.15) is 17.5 Å². The molecular formula is C19H16F3N5O2S. The second-order valence-electron chi connectivity index (χ2n) is 6.24. The minimum Gasteiger partial charge on any atom is -0.399 e. The van der Waals surface area contributed by atoms with Crippen LogP contribution in [0.5, 0.6) is 0 Å². The van der Waals surface area contributed by atoms with Gasteiger partial charge in [-0.1, -0.05) is 30.0 Å². The zero-order chi connectivity index (χ0) is 21.7. The number of nitrogen functional groups attached to an aromatic ring is 1. The monoisotopic (exact) mass is 435 g/mol. The van der Waals surface area contributed by atoms with Crippen LogP contribution in [0.4, 0.5) is 24.5 Å². The minimum absolute atomic E-state index is 0.000202. The van der Waals surface area contributed by atoms with E-state index in [9.17, 15) is 22.8 Å². The number of alkyl halides is 3. The summed E-state index contributed by atoms with van der Waals surface area (Å²) < 4.78 is 38.3. The molecule has 2 aromatic rings. The maximum Gasteiger partial charge on any atom is 0.416 e. The number of benzene rings is 2. The molecule has 0 aromatic heterocycles. The zero-order valence-electron chi connectivity index (χ0n) is 15.3. The fraction of sp³-hybridized carbons (Fsp3) is 0.158. The van der Waals surface area contributed by atoms with E-state index in [0.29, 0.717) is 5.69 Å². The molecule has 11 heteroatoms. The summed E-state index contributed by atoms with van der Waals surface area (Å²) in [6.45, 7) is 0. The minimum atomic E-state index is -4.51. The van der Waals surface area contributed by atoms with Gasteiger partial charge in [0.05, 0.1) is 11.8 Å². The maximum atomic E-state index is 12.8. The van der Waals surface area contributed by atoms with Crippen molar-refractivity contribution in [3.63, 3.8) is 0 Å². The van der Waals surface area contributed by atoms with E-state index in [0.717, 1.165) is 29.5 Å². The van der Waals surface area contributed by atoms with Crippen molar-refractivity contribution in [1.29, 1.82) is 0 Å². The number of nitrogens with one attached hydrogen (secondary N) is 2. The topological polar surface area (TPSA) is 109 Å². The lowest BCUT2D eigenvalue weighted by Crippen LogP contribution is -2.28. The molecule has 7 nitrogen and oxygen atoms in total. The Morgan fingerprint density at radius 3 is 2.67 bits per heavy atom. The molecule has 0 spiro atoms. The van der Waals surface area contributed by atoms with Crippen LogP contribution >= 0.6 is 11.8 Å². The van der Waals surface area contributed by atoms with E-state index in [1.807, 2.05) is 0 Å². The number of halogens is 3. The number of hydrogen-bond acceptors (Lipinski definition) is 6. The van der Waals surface area contributed by atoms with E-state index < -0.39 is 28.8 Å². The van der Waals surface area contributed by atoms with E-state index >= 15 is 0 Å². The first kappa shape index (κ1) is 21.4. The Labute approximate surface area is 173 Å². The summed E-state index contributed by atoms with van der Waals surface area (Å²) in [7, 11) is 0. The van der Waals surface area contributed by atoms with Crippen LogP contribution in [-0.4, -0.2) is 28.4 Å². The highest BCUT2D eigenvalue weighted by atomic mass is 32.2. The predicted octanol–water partition coefficient (Wildman–Crippen LogP) is 3.24. The van der Waals surface area contributed by atoms with Gasteiger partial charge in [0.25, 0.3) is 0 Å². The van der Waals surface area contributed by atoms with Crippen molar-refractivity contribution in [3.05, 3.63) is 59.7 Å². The predicted molar refractivity (Wildman–Crippen MR) is 110 cm³/mol. The van der Waals surface area contributed by atoms with Crippen LogP contribution in [-0.2, 0) is 15.8 Å². The van der Waals surface area contributed by atoms with Gasteiger partial charge in [-0.15, -0.1) is 5.10 Å². The van der Waals surface area contributed by atoms with E-state index in [-0.39, 0.29) is 17.3 Å². The average molecular weight is 435 g/mol. The average Bonchev–Trinajstić information content (AvgIpc) is 3.02. The number of rotatable bonds is 5. The molecule has 1 aliphatic rings. The van der Waals surface area contributed by atoms with Crippen molar-refractivity contribution >= 4 is 46.3 Å². The summed E-state index contributed by atoms with van der Waals surface area (Å²) in [6, 6.07) is 11.2. The molecule has 3 rings (SSSR count). The largest absolute Gasteiger partial charge is 0.416 e. The summed E-state index contributed by atoms with van der Waals surface area (Å²) >= 11 is 1.02. The molecule has 2 aromatic carbocycles. The quantitative estimate of drug-likeness (QED) is 0.381. The van der Waals surface area contributed by atoms with E-state index in [2.05, 4.69) is 20.8 Å². The van der Waals surface area contributed by atoms with Crippen LogP contribution in [0, 0.1) is 0 Å². The molecule has 0 saturated carbocycles. The third-order valence-corrected chi connectivity index (χ3v) is 4.98. The summed E-state index contributed by atoms with van der Waals surface area (Å²) in [6.07, 6.45) is -3.26. The number of carbonyl (C=O) groups is 2. The summed E-state index contributed by atoms with van der Waals surface area (Å²) in [4.78, 5) is 24.2. The molecule has 4 N–H and O–H groups in total. The van der Waals surface area contributed by atoms with E-state index in [4.69, 9.17) is 5.73 Å². The van der Waals surface area contributed by atoms with Crippen molar-refractivity contribution in [2.45, 2.75) is 17.8 Å². The van der Waals surface area contributed by atoms with Gasteiger partial charge in [-0.2, -0.15) is 18.3 Å². The van der Waals surface area contributed by atoms with Gasteiger partial charge in [0.1, 0.15) is 5.25 Å². The Bertz CT molecular complexity index is 1010. The first-order valence-electron chi connectivity index (χ1n) is 8.62. The van der Waals surface area contributed by atoms with Crippen molar-refractivity contribution in [2.24, 2.45) is 10.2 Å². The molecule has 0 aliphatic carbocycles. The third-order valence-electron chi connectivity index (χ3n) is 3.91. The van der Waals surface area contributed by atoms with Crippen LogP contribution in [0.3, 0.4) is 0 Å². The Morgan fingerprint density at radius 2 is 1.97 bits per heavy atom. The van der Waals surface area contributed by atoms with Crippen molar-refractivity contribution in [2.75, 3.05) is 11.1 Å². The normalized spacial score (nSPS) is 18.0. The van der Waals surface area contributed by atoms with Crippen LogP contribution < -0.4 is 16.4 Å². The lowest BCUT2D eigenvalue weighted by molar-refractivity contribution is -0.137. The Hall–Kier alpha value is -3.34. The number of carbonyl (C=O) groups excluding carboxylic acids is 2. The number of thioether (sulfide) groups is 1. The zero-order valence-corrected chi connectivity index (χ0v) is 16.1. The van der Waals surface area contributed by atoms with Gasteiger partial charge in [0.2, 0.25) is 11.8 Å². The molecule has 1 saturated heterocycles. The second kappa shape index (κ2) is 8.99. The molecule has 1 heterocycles. The Balaban J connectivity index is 1.56. The van der Waals surface area contributed by atoms with Crippen LogP contribution in [0.15, 0.2) is 58.7 Å². The van der Waals surface area contributed by atoms with Gasteiger partial charge < -0.3 is 16.4 Å². The summed E-state index contributed by atoms with van der Waals surface area (Å²) in [5, 5.41) is 12.1. The number of amidine groups is 1. The van der Waals surface area contributed by atoms with Gasteiger partial charge in [-0.3, -0.25) is 9.59 Å². The van der Waals surface area contributed by atoms with Crippen molar-refractivity contribution in [1.82, 2.24) is 5.32 Å². The first-order chi connectivity index (χ1) is 14.2. The highest BCUT2D eigenvalue weighted by Crippen LogP contribution is 2.31. The maximum absolute atomic E-state index is 12.8. The van der Waals surface area contributed by atoms with Gasteiger partial charge in [-0.05, 0) is 35.9 Å². The molecule has 0 unspecified atom stereocenters. The standard InChI is InChI=1S/C19H16F3N5O2S/c20-19(21,22)12-2-1-3-14(8-12)25-16(28)9-15-17(29)26-18(30-15)27-24-10-11-4-6-13(23)7-5-11/h1-8,10,15H,9,23H2,(H,25,28)(H,26,27,29)/b24-10-/t15-/m1/s1. The molecule has 1 atom stereocenters. The lowest BCUT2D eigenvalue weighted by atomic mass is 10.2. The lowest BCUT2D eigenvalue weighted by Gasteiger charge is -2.10. The molecule has 30 heavy (non-hydrogen) atoms. The fourth-order valence-electron chi connectivity index (χ4n) is 2.47. The number of hydrogen-bond donors (Lipinski definition) is 3. The third kappa shape index (κ3) is 5.83. The Morgan fingerprint density at radius 1 is 1.23 bits per heavy atom. The molecule has 2 amide bonds. The van der Waals surface area contributed by atoms with E-state index in [1.165, 1.54) is 18.3 Å². The van der Waals surface area contributed by atoms with Crippen LogP contribution in [0.25, 0.3) is 0 Å². The van der Waals surface area contributed by atoms with Gasteiger partial charge in [0, 0.05) is 17.8 Å². The van der Waals surface area contributed by atoms with Crippen molar-refractivity contribution in [3.8, 4) is 0 Å². The molecule has 1 aliphatic heterocycles. The summed E-state index contributed by atoms with van der Waals surface area (Å²) in [5.41, 5.74) is 6.10. The fourth-order valence-corrected chi connectivity index (χ4v) is 3.39. The number of amides is 2. The molecule has 1 fully saturated rings. The number of anilines is 2. The second-order valence-corrected chi connectivity index (χ2v) is 7.43. The van der Waals surface area contributed by atoms with Crippen molar-refractivity contribution < 1.29 is 22.8 Å². The highest BCUT2D eigenvalue weighted by Gasteiger charge is 2.33. The van der Waals surface area contributed by atoms with E-state index in [1.54, 1.807) is 24.3 Å². The molecule has 0 bridgehead atoms. The number of nitrogens with two attached hydrogens (primary N) is 1. The number of nitrogens with zero attached hydrogens (tertiary/aromatic N) is 2. The first-order valence-corrected chi connectivity index (χ1v) is 9.50. The SMILES string of the molecule is Nc1ccc(/C=N\N=C2\NC(=O)[C@@H](CC(=O)Nc3cccc(C(F)(F)F)c3)S2)cc1. The van der Waals surface area contributed by atoms with Gasteiger partial charge in [-0.25, -0.2) is 0 Å². The summed E-state index contributed by atoms with van der Waals surface area (Å²) in [5.74, 6) is -1.02. The molecular weight excluding hydrogens is 419 g/mol. The van der Waals surface area contributed by atoms with Crippen LogP contribution in [0.2, 0.25) is 0 Å². The van der Waals surface area contributed by atoms with Gasteiger partial charge >= 0.3 is 6.18 Å². The highest BCUT2D eigenvalue weighted by molar-refractivity contribution is 8.15. The Kier molecular flexibility index (Phi) is 6.40. The van der Waals surface area contributed by atoms with Gasteiger partial charge in [0.15, 0.2) is 5.17 Å².